The number of amides is 1. The van der Waals surface area contributed by atoms with Gasteiger partial charge in [0.05, 0.1) is 18.1 Å². The van der Waals surface area contributed by atoms with Crippen LogP contribution in [0.3, 0.4) is 0 Å². The Kier molecular flexibility index (Phi) is 5.99. The zero-order valence-electron chi connectivity index (χ0n) is 15.5. The number of carbonyl (C=O) groups is 1. The van der Waals surface area contributed by atoms with Crippen molar-refractivity contribution >= 4 is 17.3 Å². The Morgan fingerprint density at radius 3 is 2.43 bits per heavy atom. The van der Waals surface area contributed by atoms with E-state index < -0.39 is 4.92 Å². The van der Waals surface area contributed by atoms with Gasteiger partial charge in [-0.15, -0.1) is 0 Å². The van der Waals surface area contributed by atoms with Crippen LogP contribution in [0.5, 0.6) is 0 Å². The van der Waals surface area contributed by atoms with Gasteiger partial charge in [-0.1, -0.05) is 0 Å². The predicted octanol–water partition coefficient (Wildman–Crippen LogP) is 0.760. The van der Waals surface area contributed by atoms with Crippen LogP contribution < -0.4 is 10.5 Å². The fraction of sp³-hybridized carbons (Fsp3) is 0.389. The van der Waals surface area contributed by atoms with E-state index >= 15 is 0 Å². The molecule has 148 valence electrons. The number of rotatable bonds is 6. The van der Waals surface area contributed by atoms with Crippen LogP contribution in [0, 0.1) is 10.1 Å². The highest BCUT2D eigenvalue weighted by Crippen LogP contribution is 2.21. The highest BCUT2D eigenvalue weighted by Gasteiger charge is 2.24. The number of benzene rings is 1. The molecule has 1 amide bonds. The van der Waals surface area contributed by atoms with Gasteiger partial charge in [-0.3, -0.25) is 19.7 Å². The Morgan fingerprint density at radius 1 is 1.14 bits per heavy atom. The van der Waals surface area contributed by atoms with Gasteiger partial charge in [0, 0.05) is 57.2 Å². The molecule has 28 heavy (non-hydrogen) atoms. The summed E-state index contributed by atoms with van der Waals surface area (Å²) in [5.41, 5.74) is 0.868. The summed E-state index contributed by atoms with van der Waals surface area (Å²) >= 11 is 0. The molecule has 1 aliphatic rings. The number of non-ortho nitro benzene ring substituents is 1. The van der Waals surface area contributed by atoms with Crippen molar-refractivity contribution in [2.24, 2.45) is 0 Å². The van der Waals surface area contributed by atoms with Crippen LogP contribution >= 0.6 is 0 Å². The van der Waals surface area contributed by atoms with E-state index in [4.69, 9.17) is 4.74 Å². The highest BCUT2D eigenvalue weighted by molar-refractivity contribution is 5.92. The first kappa shape index (κ1) is 19.5. The number of nitro benzene ring substituents is 1. The maximum absolute atomic E-state index is 12.7. The van der Waals surface area contributed by atoms with Crippen LogP contribution in [-0.2, 0) is 11.3 Å². The van der Waals surface area contributed by atoms with E-state index in [0.29, 0.717) is 32.8 Å². The lowest BCUT2D eigenvalue weighted by atomic mass is 10.2. The molecule has 2 heterocycles. The summed E-state index contributed by atoms with van der Waals surface area (Å²) in [6, 6.07) is 9.14. The molecule has 0 N–H and O–H groups in total. The van der Waals surface area contributed by atoms with Gasteiger partial charge in [0.25, 0.3) is 17.2 Å². The van der Waals surface area contributed by atoms with Gasteiger partial charge in [-0.05, 0) is 18.2 Å². The fourth-order valence-corrected chi connectivity index (χ4v) is 3.02. The van der Waals surface area contributed by atoms with Crippen molar-refractivity contribution in [2.75, 3.05) is 44.8 Å². The minimum atomic E-state index is -0.431. The monoisotopic (exact) mass is 387 g/mol. The molecule has 0 radical (unpaired) electrons. The van der Waals surface area contributed by atoms with Gasteiger partial charge in [0.15, 0.2) is 0 Å². The quantitative estimate of drug-likeness (QED) is 0.531. The summed E-state index contributed by atoms with van der Waals surface area (Å²) in [5.74, 6) is -0.227. The number of nitrogens with zero attached hydrogens (tertiary/aromatic N) is 5. The molecular weight excluding hydrogens is 366 g/mol. The third-order valence-electron chi connectivity index (χ3n) is 4.59. The molecule has 0 aliphatic carbocycles. The fourth-order valence-electron chi connectivity index (χ4n) is 3.02. The third kappa shape index (κ3) is 4.34. The number of hydrogen-bond acceptors (Lipinski definition) is 7. The Labute approximate surface area is 161 Å². The molecule has 1 saturated heterocycles. The Balaban J connectivity index is 1.63. The molecule has 1 aromatic heterocycles. The number of hydrogen-bond donors (Lipinski definition) is 0. The number of nitro groups is 1. The highest BCUT2D eigenvalue weighted by atomic mass is 16.6. The molecule has 3 rings (SSSR count). The second-order valence-corrected chi connectivity index (χ2v) is 6.33. The molecule has 0 atom stereocenters. The van der Waals surface area contributed by atoms with Crippen LogP contribution in [0.25, 0.3) is 0 Å². The van der Waals surface area contributed by atoms with Gasteiger partial charge in [0.2, 0.25) is 0 Å². The molecule has 0 saturated carbocycles. The minimum Gasteiger partial charge on any atom is -0.383 e. The molecular formula is C18H21N5O5. The van der Waals surface area contributed by atoms with E-state index in [1.54, 1.807) is 17.0 Å². The van der Waals surface area contributed by atoms with E-state index in [0.717, 1.165) is 5.69 Å². The number of carbonyl (C=O) groups excluding carboxylic acids is 1. The molecule has 10 heteroatoms. The summed E-state index contributed by atoms with van der Waals surface area (Å²) in [6.45, 7) is 2.81. The topological polar surface area (TPSA) is 111 Å². The third-order valence-corrected chi connectivity index (χ3v) is 4.59. The average molecular weight is 387 g/mol. The molecule has 1 fully saturated rings. The Bertz CT molecular complexity index is 903. The Hall–Kier alpha value is -3.27. The second kappa shape index (κ2) is 8.61. The summed E-state index contributed by atoms with van der Waals surface area (Å²) in [4.78, 5) is 38.6. The second-order valence-electron chi connectivity index (χ2n) is 6.33. The van der Waals surface area contributed by atoms with Crippen molar-refractivity contribution in [3.63, 3.8) is 0 Å². The van der Waals surface area contributed by atoms with E-state index in [1.165, 1.54) is 36.1 Å². The molecule has 0 unspecified atom stereocenters. The first-order valence-corrected chi connectivity index (χ1v) is 8.85. The molecule has 0 bridgehead atoms. The zero-order valence-corrected chi connectivity index (χ0v) is 15.5. The standard InChI is InChI=1S/C18H21N5O5/c1-28-13-12-22-17(24)7-6-16(19-22)18(25)21-10-8-20(9-11-21)14-2-4-15(5-3-14)23(26)27/h2-7H,8-13H2,1H3. The smallest absolute Gasteiger partial charge is 0.274 e. The van der Waals surface area contributed by atoms with Crippen LogP contribution in [-0.4, -0.2) is 65.4 Å². The van der Waals surface area contributed by atoms with Gasteiger partial charge >= 0.3 is 0 Å². The van der Waals surface area contributed by atoms with Crippen molar-refractivity contribution in [1.82, 2.24) is 14.7 Å². The molecule has 1 aliphatic heterocycles. The van der Waals surface area contributed by atoms with E-state index in [2.05, 4.69) is 10.00 Å². The van der Waals surface area contributed by atoms with Crippen molar-refractivity contribution < 1.29 is 14.5 Å². The van der Waals surface area contributed by atoms with Gasteiger partial charge in [-0.2, -0.15) is 5.10 Å². The first-order chi connectivity index (χ1) is 13.5. The molecule has 1 aromatic carbocycles. The number of ether oxygens (including phenoxy) is 1. The van der Waals surface area contributed by atoms with Crippen molar-refractivity contribution in [1.29, 1.82) is 0 Å². The molecule has 2 aromatic rings. The molecule has 0 spiro atoms. The van der Waals surface area contributed by atoms with Crippen molar-refractivity contribution in [3.8, 4) is 0 Å². The summed E-state index contributed by atoms with van der Waals surface area (Å²) < 4.78 is 6.18. The lowest BCUT2D eigenvalue weighted by Gasteiger charge is -2.35. The van der Waals surface area contributed by atoms with Gasteiger partial charge in [0.1, 0.15) is 5.69 Å². The average Bonchev–Trinajstić information content (AvgIpc) is 2.73. The van der Waals surface area contributed by atoms with Crippen LogP contribution in [0.2, 0.25) is 0 Å². The first-order valence-electron chi connectivity index (χ1n) is 8.85. The largest absolute Gasteiger partial charge is 0.383 e. The van der Waals surface area contributed by atoms with Crippen LogP contribution in [0.4, 0.5) is 11.4 Å². The summed E-state index contributed by atoms with van der Waals surface area (Å²) in [5, 5.41) is 14.9. The number of methoxy groups -OCH3 is 1. The maximum atomic E-state index is 12.7. The van der Waals surface area contributed by atoms with E-state index in [1.807, 2.05) is 0 Å². The number of aromatic nitrogens is 2. The normalized spacial score (nSPS) is 14.2. The van der Waals surface area contributed by atoms with Crippen molar-refractivity contribution in [3.05, 3.63) is 62.6 Å². The molecule has 10 nitrogen and oxygen atoms in total. The SMILES string of the molecule is COCCn1nc(C(=O)N2CCN(c3ccc([N+](=O)[O-])cc3)CC2)ccc1=O. The maximum Gasteiger partial charge on any atom is 0.274 e. The lowest BCUT2D eigenvalue weighted by Crippen LogP contribution is -2.49. The Morgan fingerprint density at radius 2 is 1.82 bits per heavy atom. The van der Waals surface area contributed by atoms with Crippen LogP contribution in [0.15, 0.2) is 41.2 Å². The zero-order chi connectivity index (χ0) is 20.1. The van der Waals surface area contributed by atoms with Gasteiger partial charge < -0.3 is 14.5 Å². The number of anilines is 1. The van der Waals surface area contributed by atoms with Crippen LogP contribution in [0.1, 0.15) is 10.5 Å². The summed E-state index contributed by atoms with van der Waals surface area (Å²) in [6.07, 6.45) is 0. The summed E-state index contributed by atoms with van der Waals surface area (Å²) in [7, 11) is 1.53. The number of piperazine rings is 1. The van der Waals surface area contributed by atoms with E-state index in [-0.39, 0.29) is 29.4 Å². The lowest BCUT2D eigenvalue weighted by molar-refractivity contribution is -0.384. The van der Waals surface area contributed by atoms with Crippen molar-refractivity contribution in [2.45, 2.75) is 6.54 Å². The predicted molar refractivity (Wildman–Crippen MR) is 102 cm³/mol. The minimum absolute atomic E-state index is 0.0484. The van der Waals surface area contributed by atoms with Gasteiger partial charge in [-0.25, -0.2) is 4.68 Å². The van der Waals surface area contributed by atoms with E-state index in [9.17, 15) is 19.7 Å².